The minimum atomic E-state index is -0.496. The van der Waals surface area contributed by atoms with Crippen molar-refractivity contribution < 1.29 is 9.18 Å². The molecule has 5 rings (SSSR count). The van der Waals surface area contributed by atoms with E-state index in [1.165, 1.54) is 24.5 Å². The lowest BCUT2D eigenvalue weighted by atomic mass is 9.91. The normalized spacial score (nSPS) is 18.4. The number of hydrogen-bond donors (Lipinski definition) is 1. The molecule has 6 heteroatoms. The predicted molar refractivity (Wildman–Crippen MR) is 141 cm³/mol. The van der Waals surface area contributed by atoms with Crippen molar-refractivity contribution in [1.29, 1.82) is 0 Å². The summed E-state index contributed by atoms with van der Waals surface area (Å²) in [6, 6.07) is 9.18. The van der Waals surface area contributed by atoms with Crippen LogP contribution in [0.25, 0.3) is 5.57 Å². The van der Waals surface area contributed by atoms with Crippen LogP contribution in [0.15, 0.2) is 65.9 Å². The van der Waals surface area contributed by atoms with E-state index in [0.29, 0.717) is 30.5 Å². The first-order chi connectivity index (χ1) is 17.5. The summed E-state index contributed by atoms with van der Waals surface area (Å²) in [5.41, 5.74) is 10.2. The standard InChI is InChI=1S/C30H31FN4O/c1-2-22-5-3-4-6-25(26(22)12-7-21-8-14-29(32)33-20-21)23-9-13-27(28(31)19-23)30(36)35-17-15-34(16-18-35)24-10-11-24/h3-4,6,8-9,13-14,19-20,24H,2,5,10-11,15-18H2,1H3,(H2,32,33). The van der Waals surface area contributed by atoms with Crippen LogP contribution in [0.2, 0.25) is 0 Å². The Bertz CT molecular complexity index is 1300. The number of amides is 1. The third kappa shape index (κ3) is 5.27. The Morgan fingerprint density at radius 3 is 2.61 bits per heavy atom. The molecule has 36 heavy (non-hydrogen) atoms. The van der Waals surface area contributed by atoms with E-state index in [-0.39, 0.29) is 11.5 Å². The molecule has 0 spiro atoms. The van der Waals surface area contributed by atoms with Gasteiger partial charge in [0, 0.05) is 49.6 Å². The molecule has 184 valence electrons. The zero-order chi connectivity index (χ0) is 25.1. The van der Waals surface area contributed by atoms with Gasteiger partial charge in [-0.15, -0.1) is 0 Å². The molecule has 1 aromatic carbocycles. The minimum absolute atomic E-state index is 0.128. The first-order valence-corrected chi connectivity index (χ1v) is 12.7. The van der Waals surface area contributed by atoms with Gasteiger partial charge in [-0.25, -0.2) is 9.37 Å². The zero-order valence-electron chi connectivity index (χ0n) is 20.6. The number of nitrogen functional groups attached to an aromatic ring is 1. The van der Waals surface area contributed by atoms with E-state index in [1.807, 2.05) is 24.3 Å². The molecule has 1 amide bonds. The van der Waals surface area contributed by atoms with E-state index in [4.69, 9.17) is 5.73 Å². The van der Waals surface area contributed by atoms with Gasteiger partial charge in [-0.3, -0.25) is 9.69 Å². The number of hydrogen-bond acceptors (Lipinski definition) is 4. The van der Waals surface area contributed by atoms with Gasteiger partial charge in [0.1, 0.15) is 11.6 Å². The average molecular weight is 483 g/mol. The summed E-state index contributed by atoms with van der Waals surface area (Å²) < 4.78 is 15.3. The molecule has 0 atom stereocenters. The molecule has 1 saturated carbocycles. The first kappa shape index (κ1) is 24.0. The quantitative estimate of drug-likeness (QED) is 0.635. The number of halogens is 1. The van der Waals surface area contributed by atoms with Gasteiger partial charge >= 0.3 is 0 Å². The average Bonchev–Trinajstić information content (AvgIpc) is 3.75. The van der Waals surface area contributed by atoms with Gasteiger partial charge in [-0.2, -0.15) is 0 Å². The highest BCUT2D eigenvalue weighted by molar-refractivity contribution is 5.95. The van der Waals surface area contributed by atoms with Gasteiger partial charge in [-0.05, 0) is 61.1 Å². The van der Waals surface area contributed by atoms with E-state index in [1.54, 1.807) is 23.2 Å². The highest BCUT2D eigenvalue weighted by atomic mass is 19.1. The van der Waals surface area contributed by atoms with Crippen LogP contribution in [0, 0.1) is 17.7 Å². The lowest BCUT2D eigenvalue weighted by Gasteiger charge is -2.34. The van der Waals surface area contributed by atoms with Crippen LogP contribution in [0.4, 0.5) is 10.2 Å². The summed E-state index contributed by atoms with van der Waals surface area (Å²) in [4.78, 5) is 21.4. The third-order valence-electron chi connectivity index (χ3n) is 7.11. The summed E-state index contributed by atoms with van der Waals surface area (Å²) >= 11 is 0. The second-order valence-corrected chi connectivity index (χ2v) is 9.52. The number of nitrogens with two attached hydrogens (primary N) is 1. The van der Waals surface area contributed by atoms with E-state index in [2.05, 4.69) is 34.7 Å². The molecular weight excluding hydrogens is 451 g/mol. The van der Waals surface area contributed by atoms with Crippen LogP contribution in [-0.2, 0) is 0 Å². The smallest absolute Gasteiger partial charge is 0.256 e. The van der Waals surface area contributed by atoms with Crippen molar-refractivity contribution in [2.24, 2.45) is 0 Å². The Labute approximate surface area is 212 Å². The Balaban J connectivity index is 1.40. The predicted octanol–water partition coefficient (Wildman–Crippen LogP) is 4.82. The third-order valence-corrected chi connectivity index (χ3v) is 7.11. The number of allylic oxidation sites excluding steroid dienone is 6. The van der Waals surface area contributed by atoms with Crippen LogP contribution in [0.1, 0.15) is 54.1 Å². The van der Waals surface area contributed by atoms with Crippen LogP contribution in [-0.4, -0.2) is 52.9 Å². The molecule has 2 fully saturated rings. The van der Waals surface area contributed by atoms with Gasteiger partial charge in [0.05, 0.1) is 5.56 Å². The number of nitrogens with zero attached hydrogens (tertiary/aromatic N) is 3. The molecule has 0 unspecified atom stereocenters. The molecule has 0 bridgehead atoms. The Morgan fingerprint density at radius 1 is 1.14 bits per heavy atom. The van der Waals surface area contributed by atoms with E-state index in [9.17, 15) is 4.79 Å². The highest BCUT2D eigenvalue weighted by Gasteiger charge is 2.33. The Kier molecular flexibility index (Phi) is 7.02. The van der Waals surface area contributed by atoms with Crippen LogP contribution in [0.5, 0.6) is 0 Å². The van der Waals surface area contributed by atoms with Gasteiger partial charge < -0.3 is 10.6 Å². The Hall–Kier alpha value is -3.69. The summed E-state index contributed by atoms with van der Waals surface area (Å²) in [5.74, 6) is 6.22. The van der Waals surface area contributed by atoms with Crippen LogP contribution >= 0.6 is 0 Å². The molecule has 2 aliphatic carbocycles. The second kappa shape index (κ2) is 10.5. The molecule has 1 aromatic heterocycles. The maximum absolute atomic E-state index is 15.3. The number of carbonyl (C=O) groups excluding carboxylic acids is 1. The molecule has 1 aliphatic heterocycles. The molecule has 3 aliphatic rings. The second-order valence-electron chi connectivity index (χ2n) is 9.52. The van der Waals surface area contributed by atoms with E-state index >= 15 is 4.39 Å². The summed E-state index contributed by atoms with van der Waals surface area (Å²) in [6.07, 6.45) is 11.8. The minimum Gasteiger partial charge on any atom is -0.384 e. The number of anilines is 1. The molecule has 2 heterocycles. The fourth-order valence-electron chi connectivity index (χ4n) is 4.84. The summed E-state index contributed by atoms with van der Waals surface area (Å²) in [7, 11) is 0. The fourth-order valence-corrected chi connectivity index (χ4v) is 4.84. The number of benzene rings is 1. The molecule has 1 saturated heterocycles. The van der Waals surface area contributed by atoms with Gasteiger partial charge in [0.2, 0.25) is 0 Å². The molecule has 2 N–H and O–H groups in total. The lowest BCUT2D eigenvalue weighted by Crippen LogP contribution is -2.49. The van der Waals surface area contributed by atoms with Crippen molar-refractivity contribution in [3.8, 4) is 11.8 Å². The molecule has 0 radical (unpaired) electrons. The van der Waals surface area contributed by atoms with E-state index < -0.39 is 5.82 Å². The SMILES string of the molecule is CCC1=C(C#Cc2ccc(N)nc2)C(c2ccc(C(=O)N3CCN(C4CC4)CC3)c(F)c2)=CC=CC1. The maximum Gasteiger partial charge on any atom is 0.256 e. The van der Waals surface area contributed by atoms with Crippen molar-refractivity contribution >= 4 is 17.3 Å². The van der Waals surface area contributed by atoms with Crippen molar-refractivity contribution in [1.82, 2.24) is 14.8 Å². The van der Waals surface area contributed by atoms with Crippen molar-refractivity contribution in [3.63, 3.8) is 0 Å². The van der Waals surface area contributed by atoms with Crippen molar-refractivity contribution in [3.05, 3.63) is 88.4 Å². The molecule has 5 nitrogen and oxygen atoms in total. The zero-order valence-corrected chi connectivity index (χ0v) is 20.6. The van der Waals surface area contributed by atoms with Gasteiger partial charge in [0.15, 0.2) is 0 Å². The first-order valence-electron chi connectivity index (χ1n) is 12.7. The number of aromatic nitrogens is 1. The number of carbonyl (C=O) groups is 1. The highest BCUT2D eigenvalue weighted by Crippen LogP contribution is 2.32. The van der Waals surface area contributed by atoms with Crippen LogP contribution in [0.3, 0.4) is 0 Å². The van der Waals surface area contributed by atoms with E-state index in [0.717, 1.165) is 42.6 Å². The molecular formula is C30H31FN4O. The lowest BCUT2D eigenvalue weighted by molar-refractivity contribution is 0.0622. The number of piperazine rings is 1. The monoisotopic (exact) mass is 482 g/mol. The topological polar surface area (TPSA) is 62.5 Å². The number of rotatable bonds is 4. The van der Waals surface area contributed by atoms with Gasteiger partial charge in [-0.1, -0.05) is 48.6 Å². The van der Waals surface area contributed by atoms with Gasteiger partial charge in [0.25, 0.3) is 5.91 Å². The summed E-state index contributed by atoms with van der Waals surface area (Å²) in [5, 5.41) is 0. The number of pyridine rings is 1. The molecule has 2 aromatic rings. The summed E-state index contributed by atoms with van der Waals surface area (Å²) in [6.45, 7) is 5.13. The van der Waals surface area contributed by atoms with Crippen LogP contribution < -0.4 is 5.73 Å². The fraction of sp³-hybridized carbons (Fsp3) is 0.333. The van der Waals surface area contributed by atoms with Crippen molar-refractivity contribution in [2.75, 3.05) is 31.9 Å². The van der Waals surface area contributed by atoms with Crippen molar-refractivity contribution in [2.45, 2.75) is 38.6 Å². The Morgan fingerprint density at radius 2 is 1.94 bits per heavy atom. The largest absolute Gasteiger partial charge is 0.384 e. The maximum atomic E-state index is 15.3.